The molecule has 0 bridgehead atoms. The molecular weight excluding hydrogens is 184 g/mol. The summed E-state index contributed by atoms with van der Waals surface area (Å²) in [5, 5.41) is 2.73. The molecule has 2 rings (SSSR count). The van der Waals surface area contributed by atoms with Crippen LogP contribution in [0, 0.1) is 0 Å². The Balaban J connectivity index is 2.17. The standard InChI is InChI=1S/C8H10N4O2/c9-7(13)5-6(11-3-10-5)8(14)12-4-1-2-4/h3-4H,1-2H2,(H2,9,13)(H,10,11)(H,12,14). The van der Waals surface area contributed by atoms with Crippen LogP contribution in [0.1, 0.15) is 33.8 Å². The van der Waals surface area contributed by atoms with Crippen LogP contribution >= 0.6 is 0 Å². The van der Waals surface area contributed by atoms with Gasteiger partial charge in [0.05, 0.1) is 6.33 Å². The average Bonchev–Trinajstić information content (AvgIpc) is 2.81. The van der Waals surface area contributed by atoms with Crippen molar-refractivity contribution in [2.45, 2.75) is 18.9 Å². The highest BCUT2D eigenvalue weighted by atomic mass is 16.2. The molecule has 14 heavy (non-hydrogen) atoms. The van der Waals surface area contributed by atoms with Gasteiger partial charge in [0, 0.05) is 6.04 Å². The summed E-state index contributed by atoms with van der Waals surface area (Å²) < 4.78 is 0. The van der Waals surface area contributed by atoms with Gasteiger partial charge in [0.2, 0.25) is 0 Å². The zero-order valence-electron chi connectivity index (χ0n) is 7.41. The van der Waals surface area contributed by atoms with Crippen molar-refractivity contribution in [2.75, 3.05) is 0 Å². The largest absolute Gasteiger partial charge is 0.364 e. The number of nitrogens with one attached hydrogen (secondary N) is 2. The van der Waals surface area contributed by atoms with E-state index >= 15 is 0 Å². The third-order valence-corrected chi connectivity index (χ3v) is 2.01. The van der Waals surface area contributed by atoms with E-state index in [-0.39, 0.29) is 23.3 Å². The number of nitrogens with zero attached hydrogens (tertiary/aromatic N) is 1. The lowest BCUT2D eigenvalue weighted by Crippen LogP contribution is -2.28. The maximum Gasteiger partial charge on any atom is 0.270 e. The SMILES string of the molecule is NC(=O)c1nc[nH]c1C(=O)NC1CC1. The topological polar surface area (TPSA) is 101 Å². The van der Waals surface area contributed by atoms with Gasteiger partial charge in [0.1, 0.15) is 5.69 Å². The normalized spacial score (nSPS) is 15.1. The van der Waals surface area contributed by atoms with Gasteiger partial charge >= 0.3 is 0 Å². The molecule has 0 spiro atoms. The number of aromatic amines is 1. The molecule has 6 nitrogen and oxygen atoms in total. The van der Waals surface area contributed by atoms with Gasteiger partial charge in [-0.05, 0) is 12.8 Å². The van der Waals surface area contributed by atoms with Crippen LogP contribution in [-0.4, -0.2) is 27.8 Å². The van der Waals surface area contributed by atoms with E-state index in [0.29, 0.717) is 0 Å². The Morgan fingerprint density at radius 3 is 2.86 bits per heavy atom. The number of imidazole rings is 1. The predicted molar refractivity (Wildman–Crippen MR) is 47.6 cm³/mol. The van der Waals surface area contributed by atoms with Crippen molar-refractivity contribution in [2.24, 2.45) is 5.73 Å². The van der Waals surface area contributed by atoms with Crippen molar-refractivity contribution in [1.29, 1.82) is 0 Å². The second-order valence-electron chi connectivity index (χ2n) is 3.24. The molecular formula is C8H10N4O2. The van der Waals surface area contributed by atoms with Crippen LogP contribution in [0.4, 0.5) is 0 Å². The summed E-state index contributed by atoms with van der Waals surface area (Å²) in [6.45, 7) is 0. The summed E-state index contributed by atoms with van der Waals surface area (Å²) in [4.78, 5) is 28.6. The quantitative estimate of drug-likeness (QED) is 0.598. The van der Waals surface area contributed by atoms with Crippen molar-refractivity contribution in [1.82, 2.24) is 15.3 Å². The molecule has 0 saturated heterocycles. The highest BCUT2D eigenvalue weighted by molar-refractivity contribution is 6.04. The first kappa shape index (κ1) is 8.74. The second-order valence-corrected chi connectivity index (χ2v) is 3.24. The van der Waals surface area contributed by atoms with E-state index < -0.39 is 5.91 Å². The lowest BCUT2D eigenvalue weighted by molar-refractivity contribution is 0.0929. The number of hydrogen-bond donors (Lipinski definition) is 3. The lowest BCUT2D eigenvalue weighted by atomic mass is 10.3. The van der Waals surface area contributed by atoms with Gasteiger partial charge in [-0.3, -0.25) is 9.59 Å². The number of H-pyrrole nitrogens is 1. The van der Waals surface area contributed by atoms with Crippen molar-refractivity contribution in [3.63, 3.8) is 0 Å². The number of amides is 2. The number of primary amides is 1. The van der Waals surface area contributed by atoms with Crippen molar-refractivity contribution in [3.8, 4) is 0 Å². The summed E-state index contributed by atoms with van der Waals surface area (Å²) >= 11 is 0. The van der Waals surface area contributed by atoms with Crippen LogP contribution in [0.2, 0.25) is 0 Å². The summed E-state index contributed by atoms with van der Waals surface area (Å²) in [5.74, 6) is -1.02. The maximum absolute atomic E-state index is 11.5. The average molecular weight is 194 g/mol. The molecule has 1 aliphatic rings. The van der Waals surface area contributed by atoms with Gasteiger partial charge in [0.25, 0.3) is 11.8 Å². The van der Waals surface area contributed by atoms with Crippen molar-refractivity contribution in [3.05, 3.63) is 17.7 Å². The molecule has 4 N–H and O–H groups in total. The first-order valence-electron chi connectivity index (χ1n) is 4.32. The molecule has 1 heterocycles. The molecule has 1 saturated carbocycles. The predicted octanol–water partition coefficient (Wildman–Crippen LogP) is -0.599. The zero-order valence-corrected chi connectivity index (χ0v) is 7.41. The molecule has 0 radical (unpaired) electrons. The fourth-order valence-electron chi connectivity index (χ4n) is 1.14. The Kier molecular flexibility index (Phi) is 1.95. The smallest absolute Gasteiger partial charge is 0.270 e. The van der Waals surface area contributed by atoms with Crippen LogP contribution < -0.4 is 11.1 Å². The van der Waals surface area contributed by atoms with E-state index in [1.54, 1.807) is 0 Å². The Bertz CT molecular complexity index is 380. The van der Waals surface area contributed by atoms with E-state index in [9.17, 15) is 9.59 Å². The van der Waals surface area contributed by atoms with E-state index in [4.69, 9.17) is 5.73 Å². The fraction of sp³-hybridized carbons (Fsp3) is 0.375. The number of nitrogens with two attached hydrogens (primary N) is 1. The Morgan fingerprint density at radius 1 is 1.57 bits per heavy atom. The van der Waals surface area contributed by atoms with Gasteiger partial charge in [-0.15, -0.1) is 0 Å². The van der Waals surface area contributed by atoms with E-state index in [2.05, 4.69) is 15.3 Å². The second kappa shape index (κ2) is 3.13. The number of aromatic nitrogens is 2. The van der Waals surface area contributed by atoms with Crippen LogP contribution in [-0.2, 0) is 0 Å². The summed E-state index contributed by atoms with van der Waals surface area (Å²) in [7, 11) is 0. The molecule has 1 fully saturated rings. The third-order valence-electron chi connectivity index (χ3n) is 2.01. The number of carbonyl (C=O) groups excluding carboxylic acids is 2. The van der Waals surface area contributed by atoms with E-state index in [1.165, 1.54) is 6.33 Å². The van der Waals surface area contributed by atoms with Gasteiger partial charge in [-0.25, -0.2) is 4.98 Å². The lowest BCUT2D eigenvalue weighted by Gasteiger charge is -2.00. The zero-order chi connectivity index (χ0) is 10.1. The van der Waals surface area contributed by atoms with Crippen LogP contribution in [0.25, 0.3) is 0 Å². The number of carbonyl (C=O) groups is 2. The first-order chi connectivity index (χ1) is 6.68. The number of rotatable bonds is 3. The molecule has 1 aromatic heterocycles. The van der Waals surface area contributed by atoms with Gasteiger partial charge in [-0.2, -0.15) is 0 Å². The Morgan fingerprint density at radius 2 is 2.29 bits per heavy atom. The third kappa shape index (κ3) is 1.59. The first-order valence-corrected chi connectivity index (χ1v) is 4.32. The monoisotopic (exact) mass is 194 g/mol. The minimum atomic E-state index is -0.702. The maximum atomic E-state index is 11.5. The fourth-order valence-corrected chi connectivity index (χ4v) is 1.14. The molecule has 0 atom stereocenters. The van der Waals surface area contributed by atoms with E-state index in [1.807, 2.05) is 0 Å². The Hall–Kier alpha value is -1.85. The van der Waals surface area contributed by atoms with Gasteiger partial charge in [0.15, 0.2) is 5.69 Å². The summed E-state index contributed by atoms with van der Waals surface area (Å²) in [6.07, 6.45) is 3.26. The van der Waals surface area contributed by atoms with Crippen molar-refractivity contribution < 1.29 is 9.59 Å². The summed E-state index contributed by atoms with van der Waals surface area (Å²) in [6, 6.07) is 0.242. The molecule has 1 aliphatic carbocycles. The van der Waals surface area contributed by atoms with Crippen LogP contribution in [0.5, 0.6) is 0 Å². The molecule has 0 unspecified atom stereocenters. The Labute approximate surface area is 79.9 Å². The van der Waals surface area contributed by atoms with Gasteiger partial charge < -0.3 is 16.0 Å². The van der Waals surface area contributed by atoms with Crippen LogP contribution in [0.3, 0.4) is 0 Å². The van der Waals surface area contributed by atoms with Crippen LogP contribution in [0.15, 0.2) is 6.33 Å². The molecule has 1 aromatic rings. The number of hydrogen-bond acceptors (Lipinski definition) is 3. The van der Waals surface area contributed by atoms with Gasteiger partial charge in [-0.1, -0.05) is 0 Å². The summed E-state index contributed by atoms with van der Waals surface area (Å²) in [5.41, 5.74) is 5.17. The molecule has 2 amide bonds. The molecule has 74 valence electrons. The molecule has 0 aromatic carbocycles. The molecule has 6 heteroatoms. The van der Waals surface area contributed by atoms with E-state index in [0.717, 1.165) is 12.8 Å². The highest BCUT2D eigenvalue weighted by Gasteiger charge is 2.26. The highest BCUT2D eigenvalue weighted by Crippen LogP contribution is 2.19. The minimum absolute atomic E-state index is 0.0110. The minimum Gasteiger partial charge on any atom is -0.364 e. The molecule has 0 aliphatic heterocycles. The van der Waals surface area contributed by atoms with Crippen molar-refractivity contribution >= 4 is 11.8 Å².